The lowest BCUT2D eigenvalue weighted by molar-refractivity contribution is -0.139. The van der Waals surface area contributed by atoms with Crippen molar-refractivity contribution in [2.75, 3.05) is 20.3 Å². The van der Waals surface area contributed by atoms with Crippen LogP contribution >= 0.6 is 11.6 Å². The van der Waals surface area contributed by atoms with Crippen LogP contribution in [0.4, 0.5) is 0 Å². The molecule has 7 nitrogen and oxygen atoms in total. The summed E-state index contributed by atoms with van der Waals surface area (Å²) in [6.07, 6.45) is 1.99. The van der Waals surface area contributed by atoms with Gasteiger partial charge in [-0.2, -0.15) is 5.10 Å². The van der Waals surface area contributed by atoms with Crippen LogP contribution in [-0.2, 0) is 20.9 Å². The summed E-state index contributed by atoms with van der Waals surface area (Å²) >= 11 is 6.03. The highest BCUT2D eigenvalue weighted by Gasteiger charge is 2.11. The Morgan fingerprint density at radius 2 is 1.93 bits per heavy atom. The number of hydrogen-bond acceptors (Lipinski definition) is 5. The molecule has 0 aromatic heterocycles. The van der Waals surface area contributed by atoms with Gasteiger partial charge in [-0.15, -0.1) is 0 Å². The van der Waals surface area contributed by atoms with Crippen molar-refractivity contribution in [3.63, 3.8) is 0 Å². The number of nitrogens with one attached hydrogen (secondary N) is 2. The van der Waals surface area contributed by atoms with E-state index in [4.69, 9.17) is 21.1 Å². The molecule has 0 unspecified atom stereocenters. The van der Waals surface area contributed by atoms with Crippen molar-refractivity contribution >= 4 is 29.6 Å². The Bertz CT molecular complexity index is 812. The van der Waals surface area contributed by atoms with E-state index in [1.807, 2.05) is 30.3 Å². The topological polar surface area (TPSA) is 89.0 Å². The van der Waals surface area contributed by atoms with E-state index in [0.717, 1.165) is 5.56 Å². The Balaban J connectivity index is 1.92. The summed E-state index contributed by atoms with van der Waals surface area (Å²) in [6.45, 7) is 1.22. The molecule has 0 aliphatic rings. The number of benzene rings is 2. The van der Waals surface area contributed by atoms with E-state index in [0.29, 0.717) is 42.5 Å². The number of nitrogens with zero attached hydrogens (tertiary/aromatic N) is 1. The van der Waals surface area contributed by atoms with Crippen LogP contribution in [0.2, 0.25) is 5.02 Å². The van der Waals surface area contributed by atoms with Crippen LogP contribution in [0, 0.1) is 0 Å². The molecule has 0 heterocycles. The zero-order valence-corrected chi connectivity index (χ0v) is 16.2. The maximum Gasteiger partial charge on any atom is 0.329 e. The Morgan fingerprint density at radius 1 is 1.14 bits per heavy atom. The lowest BCUT2D eigenvalue weighted by atomic mass is 10.2. The fourth-order valence-corrected chi connectivity index (χ4v) is 2.38. The largest absolute Gasteiger partial charge is 0.488 e. The molecule has 0 aliphatic carbocycles. The summed E-state index contributed by atoms with van der Waals surface area (Å²) in [5.41, 5.74) is 3.77. The van der Waals surface area contributed by atoms with Crippen LogP contribution in [0.5, 0.6) is 5.75 Å². The van der Waals surface area contributed by atoms with Gasteiger partial charge in [-0.25, -0.2) is 5.43 Å². The molecule has 28 heavy (non-hydrogen) atoms. The molecule has 148 valence electrons. The van der Waals surface area contributed by atoms with Crippen molar-refractivity contribution in [3.05, 3.63) is 64.7 Å². The lowest BCUT2D eigenvalue weighted by Crippen LogP contribution is -2.38. The number of ether oxygens (including phenoxy) is 2. The van der Waals surface area contributed by atoms with Crippen LogP contribution in [0.1, 0.15) is 17.5 Å². The van der Waals surface area contributed by atoms with Gasteiger partial charge in [0.15, 0.2) is 0 Å². The number of methoxy groups -OCH3 is 1. The van der Waals surface area contributed by atoms with Crippen LogP contribution in [-0.4, -0.2) is 38.3 Å². The molecule has 0 saturated heterocycles. The molecular weight excluding hydrogens is 382 g/mol. The minimum Gasteiger partial charge on any atom is -0.488 e. The summed E-state index contributed by atoms with van der Waals surface area (Å²) in [7, 11) is 1.57. The Hall–Kier alpha value is -2.90. The summed E-state index contributed by atoms with van der Waals surface area (Å²) in [4.78, 5) is 23.4. The lowest BCUT2D eigenvalue weighted by Gasteiger charge is -2.09. The summed E-state index contributed by atoms with van der Waals surface area (Å²) in [5.74, 6) is -1.07. The number of halogens is 1. The summed E-state index contributed by atoms with van der Waals surface area (Å²) < 4.78 is 10.7. The van der Waals surface area contributed by atoms with Crippen molar-refractivity contribution in [1.82, 2.24) is 10.7 Å². The van der Waals surface area contributed by atoms with E-state index >= 15 is 0 Å². The van der Waals surface area contributed by atoms with Gasteiger partial charge in [-0.3, -0.25) is 9.59 Å². The predicted octanol–water partition coefficient (Wildman–Crippen LogP) is 2.52. The van der Waals surface area contributed by atoms with Gasteiger partial charge in [0, 0.05) is 30.8 Å². The van der Waals surface area contributed by atoms with Gasteiger partial charge in [0.05, 0.1) is 6.21 Å². The SMILES string of the molecule is COCCCNC(=O)C(=O)N/N=C\c1cc(Cl)ccc1OCc1ccccc1. The molecule has 0 fully saturated rings. The second-order valence-corrected chi connectivity index (χ2v) is 6.19. The van der Waals surface area contributed by atoms with E-state index in [1.54, 1.807) is 25.3 Å². The molecule has 2 N–H and O–H groups in total. The molecule has 2 amide bonds. The number of rotatable bonds is 9. The second kappa shape index (κ2) is 11.7. The average molecular weight is 404 g/mol. The smallest absolute Gasteiger partial charge is 0.329 e. The number of amides is 2. The molecule has 2 aromatic rings. The number of hydrogen-bond donors (Lipinski definition) is 2. The standard InChI is InChI=1S/C20H22ClN3O4/c1-27-11-5-10-22-19(25)20(26)24-23-13-16-12-17(21)8-9-18(16)28-14-15-6-3-2-4-7-15/h2-4,6-9,12-13H,5,10-11,14H2,1H3,(H,22,25)(H,24,26)/b23-13-. The maximum absolute atomic E-state index is 11.7. The fraction of sp³-hybridized carbons (Fsp3) is 0.250. The number of hydrazone groups is 1. The van der Waals surface area contributed by atoms with Crippen molar-refractivity contribution in [1.29, 1.82) is 0 Å². The van der Waals surface area contributed by atoms with Crippen LogP contribution in [0.15, 0.2) is 53.6 Å². The molecule has 0 aliphatic heterocycles. The van der Waals surface area contributed by atoms with E-state index in [9.17, 15) is 9.59 Å². The first-order valence-electron chi connectivity index (χ1n) is 8.66. The molecule has 0 spiro atoms. The quantitative estimate of drug-likeness (QED) is 0.291. The molecule has 0 atom stereocenters. The van der Waals surface area contributed by atoms with Crippen molar-refractivity contribution in [2.45, 2.75) is 13.0 Å². The zero-order valence-electron chi connectivity index (χ0n) is 15.5. The molecular formula is C20H22ClN3O4. The van der Waals surface area contributed by atoms with E-state index in [2.05, 4.69) is 15.8 Å². The Labute approximate surface area is 168 Å². The van der Waals surface area contributed by atoms with Gasteiger partial charge < -0.3 is 14.8 Å². The predicted molar refractivity (Wildman–Crippen MR) is 107 cm³/mol. The van der Waals surface area contributed by atoms with Crippen LogP contribution in [0.3, 0.4) is 0 Å². The van der Waals surface area contributed by atoms with Crippen LogP contribution < -0.4 is 15.5 Å². The molecule has 0 saturated carbocycles. The molecule has 0 radical (unpaired) electrons. The molecule has 2 rings (SSSR count). The maximum atomic E-state index is 11.7. The first kappa shape index (κ1) is 21.4. The van der Waals surface area contributed by atoms with E-state index in [-0.39, 0.29) is 0 Å². The highest BCUT2D eigenvalue weighted by atomic mass is 35.5. The summed E-state index contributed by atoms with van der Waals surface area (Å²) in [5, 5.41) is 6.79. The van der Waals surface area contributed by atoms with Crippen molar-refractivity contribution in [3.8, 4) is 5.75 Å². The van der Waals surface area contributed by atoms with Gasteiger partial charge in [-0.05, 0) is 30.2 Å². The normalized spacial score (nSPS) is 10.6. The fourth-order valence-electron chi connectivity index (χ4n) is 2.20. The van der Waals surface area contributed by atoms with Gasteiger partial charge in [0.25, 0.3) is 0 Å². The molecule has 0 bridgehead atoms. The first-order valence-corrected chi connectivity index (χ1v) is 9.04. The third-order valence-corrected chi connectivity index (χ3v) is 3.83. The van der Waals surface area contributed by atoms with E-state index in [1.165, 1.54) is 6.21 Å². The average Bonchev–Trinajstić information content (AvgIpc) is 2.71. The minimum atomic E-state index is -0.859. The van der Waals surface area contributed by atoms with Gasteiger partial charge in [0.1, 0.15) is 12.4 Å². The van der Waals surface area contributed by atoms with Crippen molar-refractivity contribution in [2.24, 2.45) is 5.10 Å². The minimum absolute atomic E-state index is 0.343. The number of carbonyl (C=O) groups excluding carboxylic acids is 2. The number of carbonyl (C=O) groups is 2. The molecule has 2 aromatic carbocycles. The third kappa shape index (κ3) is 7.38. The zero-order chi connectivity index (χ0) is 20.2. The Kier molecular flexibility index (Phi) is 8.97. The first-order chi connectivity index (χ1) is 13.6. The highest BCUT2D eigenvalue weighted by Crippen LogP contribution is 2.22. The monoisotopic (exact) mass is 403 g/mol. The second-order valence-electron chi connectivity index (χ2n) is 5.76. The summed E-state index contributed by atoms with van der Waals surface area (Å²) in [6, 6.07) is 14.8. The third-order valence-electron chi connectivity index (χ3n) is 3.60. The highest BCUT2D eigenvalue weighted by molar-refractivity contribution is 6.35. The molecule has 8 heteroatoms. The van der Waals surface area contributed by atoms with Gasteiger partial charge in [0.2, 0.25) is 0 Å². The van der Waals surface area contributed by atoms with Crippen molar-refractivity contribution < 1.29 is 19.1 Å². The van der Waals surface area contributed by atoms with Crippen LogP contribution in [0.25, 0.3) is 0 Å². The van der Waals surface area contributed by atoms with Gasteiger partial charge in [-0.1, -0.05) is 41.9 Å². The Morgan fingerprint density at radius 3 is 2.68 bits per heavy atom. The van der Waals surface area contributed by atoms with E-state index < -0.39 is 11.8 Å². The van der Waals surface area contributed by atoms with Gasteiger partial charge >= 0.3 is 11.8 Å².